The molecular weight excluding hydrogens is 350 g/mol. The number of fused-ring (bicyclic) bond motifs is 1. The maximum Gasteiger partial charge on any atom is 0.222 e. The van der Waals surface area contributed by atoms with Crippen LogP contribution < -0.4 is 21.1 Å². The number of amides is 1. The van der Waals surface area contributed by atoms with Gasteiger partial charge >= 0.3 is 0 Å². The van der Waals surface area contributed by atoms with E-state index in [9.17, 15) is 4.79 Å². The summed E-state index contributed by atoms with van der Waals surface area (Å²) in [5.41, 5.74) is 9.85. The summed E-state index contributed by atoms with van der Waals surface area (Å²) < 4.78 is 5.30. The van der Waals surface area contributed by atoms with Crippen molar-refractivity contribution in [1.82, 2.24) is 5.32 Å². The summed E-state index contributed by atoms with van der Waals surface area (Å²) in [5.74, 6) is 0.724. The number of nitrogens with two attached hydrogens (primary N) is 1. The molecule has 3 rings (SSSR count). The van der Waals surface area contributed by atoms with E-state index in [1.165, 1.54) is 11.1 Å². The molecule has 0 radical (unpaired) electrons. The Bertz CT molecular complexity index is 795. The minimum absolute atomic E-state index is 0.0215. The van der Waals surface area contributed by atoms with E-state index in [4.69, 9.17) is 22.1 Å². The third-order valence-electron chi connectivity index (χ3n) is 4.65. The van der Waals surface area contributed by atoms with Crippen LogP contribution in [0.4, 0.5) is 11.4 Å². The summed E-state index contributed by atoms with van der Waals surface area (Å²) in [6.45, 7) is 0.504. The van der Waals surface area contributed by atoms with Gasteiger partial charge in [-0.05, 0) is 60.7 Å². The highest BCUT2D eigenvalue weighted by molar-refractivity contribution is 6.30. The van der Waals surface area contributed by atoms with Gasteiger partial charge in [-0.3, -0.25) is 4.79 Å². The van der Waals surface area contributed by atoms with Gasteiger partial charge in [0.15, 0.2) is 0 Å². The molecule has 0 aliphatic heterocycles. The van der Waals surface area contributed by atoms with E-state index in [-0.39, 0.29) is 11.9 Å². The summed E-state index contributed by atoms with van der Waals surface area (Å²) in [6.07, 6.45) is 3.40. The minimum Gasteiger partial charge on any atom is -0.495 e. The van der Waals surface area contributed by atoms with E-state index >= 15 is 0 Å². The van der Waals surface area contributed by atoms with Crippen molar-refractivity contribution in [2.45, 2.75) is 31.7 Å². The second-order valence-corrected chi connectivity index (χ2v) is 6.93. The summed E-state index contributed by atoms with van der Waals surface area (Å²) in [6, 6.07) is 11.4. The summed E-state index contributed by atoms with van der Waals surface area (Å²) in [5, 5.41) is 6.98. The standard InChI is InChI=1S/C20H24ClN3O2/c1-26-19-8-5-14(21)12-18(19)23-10-9-20(25)24-17-4-2-3-13-11-15(22)6-7-16(13)17/h5-8,11-12,17,23H,2-4,9-10,22H2,1H3,(H,24,25). The maximum absolute atomic E-state index is 12.4. The van der Waals surface area contributed by atoms with Crippen LogP contribution in [-0.4, -0.2) is 19.6 Å². The molecule has 1 atom stereocenters. The van der Waals surface area contributed by atoms with Gasteiger partial charge in [-0.2, -0.15) is 0 Å². The van der Waals surface area contributed by atoms with Gasteiger partial charge in [0.2, 0.25) is 5.91 Å². The second-order valence-electron chi connectivity index (χ2n) is 6.49. The molecule has 138 valence electrons. The lowest BCUT2D eigenvalue weighted by atomic mass is 9.87. The Morgan fingerprint density at radius 3 is 2.96 bits per heavy atom. The highest BCUT2D eigenvalue weighted by Gasteiger charge is 2.21. The zero-order chi connectivity index (χ0) is 18.5. The summed E-state index contributed by atoms with van der Waals surface area (Å²) in [4.78, 5) is 12.4. The number of nitrogens with one attached hydrogen (secondary N) is 2. The number of benzene rings is 2. The lowest BCUT2D eigenvalue weighted by molar-refractivity contribution is -0.121. The zero-order valence-corrected chi connectivity index (χ0v) is 15.6. The molecule has 6 heteroatoms. The Balaban J connectivity index is 1.55. The van der Waals surface area contributed by atoms with Crippen LogP contribution in [0.2, 0.25) is 5.02 Å². The van der Waals surface area contributed by atoms with Crippen LogP contribution in [0.5, 0.6) is 5.75 Å². The van der Waals surface area contributed by atoms with Gasteiger partial charge in [-0.1, -0.05) is 17.7 Å². The summed E-state index contributed by atoms with van der Waals surface area (Å²) >= 11 is 6.02. The fourth-order valence-corrected chi connectivity index (χ4v) is 3.55. The molecule has 2 aromatic carbocycles. The van der Waals surface area contributed by atoms with E-state index in [0.717, 1.165) is 30.6 Å². The second kappa shape index (κ2) is 8.32. The Labute approximate surface area is 158 Å². The van der Waals surface area contributed by atoms with E-state index in [1.807, 2.05) is 18.2 Å². The molecule has 0 saturated carbocycles. The number of carbonyl (C=O) groups excluding carboxylic acids is 1. The molecule has 1 aliphatic carbocycles. The molecule has 5 nitrogen and oxygen atoms in total. The highest BCUT2D eigenvalue weighted by atomic mass is 35.5. The van der Waals surface area contributed by atoms with E-state index in [1.54, 1.807) is 25.3 Å². The molecule has 0 saturated heterocycles. The third kappa shape index (κ3) is 4.41. The first kappa shape index (κ1) is 18.4. The van der Waals surface area contributed by atoms with E-state index in [2.05, 4.69) is 10.6 Å². The van der Waals surface area contributed by atoms with Crippen LogP contribution in [0.1, 0.15) is 36.4 Å². The number of rotatable bonds is 6. The fraction of sp³-hybridized carbons (Fsp3) is 0.350. The van der Waals surface area contributed by atoms with Crippen LogP contribution in [-0.2, 0) is 11.2 Å². The van der Waals surface area contributed by atoms with Crippen LogP contribution in [0, 0.1) is 0 Å². The molecule has 4 N–H and O–H groups in total. The summed E-state index contributed by atoms with van der Waals surface area (Å²) in [7, 11) is 1.61. The fourth-order valence-electron chi connectivity index (χ4n) is 3.38. The number of anilines is 2. The SMILES string of the molecule is COc1ccc(Cl)cc1NCCC(=O)NC1CCCc2cc(N)ccc21. The first-order valence-corrected chi connectivity index (χ1v) is 9.19. The Kier molecular flexibility index (Phi) is 5.89. The van der Waals surface area contributed by atoms with Gasteiger partial charge in [-0.15, -0.1) is 0 Å². The highest BCUT2D eigenvalue weighted by Crippen LogP contribution is 2.31. The molecule has 1 aliphatic rings. The third-order valence-corrected chi connectivity index (χ3v) is 4.88. The minimum atomic E-state index is 0.0215. The number of hydrogen-bond acceptors (Lipinski definition) is 4. The van der Waals surface area contributed by atoms with Gasteiger partial charge in [0.05, 0.1) is 18.8 Å². The molecule has 0 spiro atoms. The Morgan fingerprint density at radius 2 is 2.15 bits per heavy atom. The topological polar surface area (TPSA) is 76.4 Å². The molecular formula is C20H24ClN3O2. The normalized spacial score (nSPS) is 15.8. The number of hydrogen-bond donors (Lipinski definition) is 3. The molecule has 1 amide bonds. The molecule has 0 aromatic heterocycles. The molecule has 0 bridgehead atoms. The number of nitrogen functional groups attached to an aromatic ring is 1. The first-order chi connectivity index (χ1) is 12.6. The number of halogens is 1. The average Bonchev–Trinajstić information content (AvgIpc) is 2.62. The van der Waals surface area contributed by atoms with Crippen LogP contribution in [0.15, 0.2) is 36.4 Å². The number of ether oxygens (including phenoxy) is 1. The van der Waals surface area contributed by atoms with Crippen molar-refractivity contribution < 1.29 is 9.53 Å². The van der Waals surface area contributed by atoms with Crippen molar-refractivity contribution >= 4 is 28.9 Å². The van der Waals surface area contributed by atoms with Crippen molar-refractivity contribution in [1.29, 1.82) is 0 Å². The molecule has 0 fully saturated rings. The maximum atomic E-state index is 12.4. The zero-order valence-electron chi connectivity index (χ0n) is 14.8. The van der Waals surface area contributed by atoms with Gasteiger partial charge in [0.1, 0.15) is 5.75 Å². The van der Waals surface area contributed by atoms with Crippen molar-refractivity contribution in [3.05, 3.63) is 52.5 Å². The van der Waals surface area contributed by atoms with Crippen LogP contribution >= 0.6 is 11.6 Å². The first-order valence-electron chi connectivity index (χ1n) is 8.82. The number of methoxy groups -OCH3 is 1. The number of aryl methyl sites for hydroxylation is 1. The van der Waals surface area contributed by atoms with Gasteiger partial charge < -0.3 is 21.1 Å². The Morgan fingerprint density at radius 1 is 1.31 bits per heavy atom. The predicted molar refractivity (Wildman–Crippen MR) is 106 cm³/mol. The van der Waals surface area contributed by atoms with Crippen molar-refractivity contribution in [2.24, 2.45) is 0 Å². The Hall–Kier alpha value is -2.40. The lowest BCUT2D eigenvalue weighted by Gasteiger charge is -2.26. The quantitative estimate of drug-likeness (QED) is 0.670. The molecule has 2 aromatic rings. The van der Waals surface area contributed by atoms with Gasteiger partial charge in [0.25, 0.3) is 0 Å². The average molecular weight is 374 g/mol. The molecule has 1 unspecified atom stereocenters. The van der Waals surface area contributed by atoms with E-state index < -0.39 is 0 Å². The van der Waals surface area contributed by atoms with Gasteiger partial charge in [-0.25, -0.2) is 0 Å². The molecule has 0 heterocycles. The predicted octanol–water partition coefficient (Wildman–Crippen LogP) is 3.93. The van der Waals surface area contributed by atoms with Crippen LogP contribution in [0.3, 0.4) is 0 Å². The smallest absolute Gasteiger partial charge is 0.222 e. The van der Waals surface area contributed by atoms with Crippen molar-refractivity contribution in [3.8, 4) is 5.75 Å². The van der Waals surface area contributed by atoms with E-state index in [0.29, 0.717) is 23.7 Å². The van der Waals surface area contributed by atoms with Gasteiger partial charge in [0, 0.05) is 23.7 Å². The number of carbonyl (C=O) groups is 1. The van der Waals surface area contributed by atoms with Crippen molar-refractivity contribution in [2.75, 3.05) is 24.7 Å². The molecule has 26 heavy (non-hydrogen) atoms. The van der Waals surface area contributed by atoms with Crippen LogP contribution in [0.25, 0.3) is 0 Å². The lowest BCUT2D eigenvalue weighted by Crippen LogP contribution is -2.32. The monoisotopic (exact) mass is 373 g/mol. The van der Waals surface area contributed by atoms with Crippen molar-refractivity contribution in [3.63, 3.8) is 0 Å². The largest absolute Gasteiger partial charge is 0.495 e.